The zero-order valence-electron chi connectivity index (χ0n) is 13.9. The van der Waals surface area contributed by atoms with E-state index in [1.165, 1.54) is 13.0 Å². The molecule has 0 heterocycles. The van der Waals surface area contributed by atoms with Gasteiger partial charge in [-0.25, -0.2) is 4.79 Å². The maximum absolute atomic E-state index is 11.6. The van der Waals surface area contributed by atoms with Crippen LogP contribution in [0.3, 0.4) is 0 Å². The normalized spacial score (nSPS) is 12.4. The second kappa shape index (κ2) is 7.21. The van der Waals surface area contributed by atoms with Gasteiger partial charge in [0.25, 0.3) is 11.4 Å². The summed E-state index contributed by atoms with van der Waals surface area (Å²) >= 11 is 0. The molecule has 1 rings (SSSR count). The lowest BCUT2D eigenvalue weighted by molar-refractivity contribution is -0.394. The number of carbonyl (C=O) groups excluding carboxylic acids is 1. The minimum Gasteiger partial charge on any atom is -0.444 e. The Hall–Kier alpha value is -2.75. The Morgan fingerprint density at radius 3 is 2.33 bits per heavy atom. The van der Waals surface area contributed by atoms with Crippen LogP contribution < -0.4 is 11.1 Å². The molecule has 0 saturated heterocycles. The molecule has 0 aliphatic heterocycles. The van der Waals surface area contributed by atoms with E-state index in [0.29, 0.717) is 0 Å². The first-order valence-electron chi connectivity index (χ1n) is 7.08. The fourth-order valence-electron chi connectivity index (χ4n) is 2.00. The van der Waals surface area contributed by atoms with Crippen molar-refractivity contribution in [2.45, 2.75) is 39.3 Å². The van der Waals surface area contributed by atoms with Crippen LogP contribution in [-0.4, -0.2) is 28.1 Å². The molecule has 3 N–H and O–H groups in total. The predicted molar refractivity (Wildman–Crippen MR) is 85.7 cm³/mol. The van der Waals surface area contributed by atoms with Crippen LogP contribution >= 0.6 is 0 Å². The molecule has 0 fully saturated rings. The molecular formula is C14H20N4O6. The average Bonchev–Trinajstić information content (AvgIpc) is 2.42. The third kappa shape index (κ3) is 5.16. The van der Waals surface area contributed by atoms with Crippen LogP contribution in [0.5, 0.6) is 0 Å². The molecule has 24 heavy (non-hydrogen) atoms. The summed E-state index contributed by atoms with van der Waals surface area (Å²) in [7, 11) is 0. The summed E-state index contributed by atoms with van der Waals surface area (Å²) < 4.78 is 5.06. The van der Waals surface area contributed by atoms with Crippen molar-refractivity contribution in [1.82, 2.24) is 5.32 Å². The highest BCUT2D eigenvalue weighted by Crippen LogP contribution is 2.30. The zero-order chi connectivity index (χ0) is 18.7. The smallest absolute Gasteiger partial charge is 0.407 e. The minimum absolute atomic E-state index is 0.0892. The molecule has 0 aliphatic rings. The molecular weight excluding hydrogens is 320 g/mol. The van der Waals surface area contributed by atoms with Crippen LogP contribution in [0.15, 0.2) is 12.1 Å². The van der Waals surface area contributed by atoms with Crippen molar-refractivity contribution < 1.29 is 19.4 Å². The summed E-state index contributed by atoms with van der Waals surface area (Å²) in [6.07, 6.45) is -0.699. The topological polar surface area (TPSA) is 151 Å². The van der Waals surface area contributed by atoms with Gasteiger partial charge in [0.2, 0.25) is 0 Å². The van der Waals surface area contributed by atoms with Gasteiger partial charge in [-0.05, 0) is 33.3 Å². The quantitative estimate of drug-likeness (QED) is 0.616. The number of ether oxygens (including phenoxy) is 1. The van der Waals surface area contributed by atoms with E-state index in [9.17, 15) is 25.0 Å². The number of nitrogens with one attached hydrogen (secondary N) is 1. The van der Waals surface area contributed by atoms with E-state index in [-0.39, 0.29) is 17.7 Å². The molecule has 0 spiro atoms. The van der Waals surface area contributed by atoms with Gasteiger partial charge in [0.05, 0.1) is 15.9 Å². The Labute approximate surface area is 138 Å². The van der Waals surface area contributed by atoms with E-state index < -0.39 is 39.0 Å². The van der Waals surface area contributed by atoms with Crippen molar-refractivity contribution in [2.24, 2.45) is 5.73 Å². The van der Waals surface area contributed by atoms with Crippen LogP contribution in [0, 0.1) is 27.2 Å². The standard InChI is InChI=1S/C14H20N4O6/c1-8-10(5-9(17(20)21)6-12(8)18(22)23)11(15)7-16-13(19)24-14(2,3)4/h5-6,11H,7,15H2,1-4H3,(H,16,19). The second-order valence-electron chi connectivity index (χ2n) is 6.18. The largest absolute Gasteiger partial charge is 0.444 e. The van der Waals surface area contributed by atoms with Crippen LogP contribution in [0.2, 0.25) is 0 Å². The molecule has 1 amide bonds. The number of nitrogens with two attached hydrogens (primary N) is 1. The first-order valence-corrected chi connectivity index (χ1v) is 7.08. The van der Waals surface area contributed by atoms with Gasteiger partial charge < -0.3 is 15.8 Å². The van der Waals surface area contributed by atoms with Gasteiger partial charge >= 0.3 is 6.09 Å². The van der Waals surface area contributed by atoms with Crippen molar-refractivity contribution in [3.05, 3.63) is 43.5 Å². The molecule has 0 aliphatic carbocycles. The minimum atomic E-state index is -0.865. The summed E-state index contributed by atoms with van der Waals surface area (Å²) in [6, 6.07) is 1.19. The van der Waals surface area contributed by atoms with Gasteiger partial charge in [0, 0.05) is 24.2 Å². The van der Waals surface area contributed by atoms with Crippen molar-refractivity contribution in [2.75, 3.05) is 6.54 Å². The number of hydrogen-bond donors (Lipinski definition) is 2. The number of nitrogens with zero attached hydrogens (tertiary/aromatic N) is 2. The van der Waals surface area contributed by atoms with Gasteiger partial charge in [-0.2, -0.15) is 0 Å². The molecule has 10 heteroatoms. The lowest BCUT2D eigenvalue weighted by Crippen LogP contribution is -2.36. The summed E-state index contributed by atoms with van der Waals surface area (Å²) in [5, 5.41) is 24.4. The monoisotopic (exact) mass is 340 g/mol. The van der Waals surface area contributed by atoms with Gasteiger partial charge in [0.1, 0.15) is 5.60 Å². The number of nitro groups is 2. The highest BCUT2D eigenvalue weighted by molar-refractivity contribution is 5.67. The third-order valence-corrected chi connectivity index (χ3v) is 3.08. The average molecular weight is 340 g/mol. The van der Waals surface area contributed by atoms with E-state index in [2.05, 4.69) is 5.32 Å². The Balaban J connectivity index is 3.01. The van der Waals surface area contributed by atoms with Crippen LogP contribution in [0.25, 0.3) is 0 Å². The SMILES string of the molecule is Cc1c(C(N)CNC(=O)OC(C)(C)C)cc([N+](=O)[O-])cc1[N+](=O)[O-]. The number of benzene rings is 1. The zero-order valence-corrected chi connectivity index (χ0v) is 13.9. The first-order chi connectivity index (χ1) is 10.9. The molecule has 0 saturated carbocycles. The number of alkyl carbamates (subject to hydrolysis) is 1. The highest BCUT2D eigenvalue weighted by atomic mass is 16.6. The van der Waals surface area contributed by atoms with E-state index in [1.807, 2.05) is 0 Å². The van der Waals surface area contributed by atoms with E-state index >= 15 is 0 Å². The van der Waals surface area contributed by atoms with E-state index in [0.717, 1.165) is 6.07 Å². The first kappa shape index (κ1) is 19.3. The number of carbonyl (C=O) groups is 1. The van der Waals surface area contributed by atoms with Gasteiger partial charge in [-0.1, -0.05) is 0 Å². The maximum atomic E-state index is 11.6. The fraction of sp³-hybridized carbons (Fsp3) is 0.500. The maximum Gasteiger partial charge on any atom is 0.407 e. The number of nitro benzene ring substituents is 2. The molecule has 0 bridgehead atoms. The Bertz CT molecular complexity index is 668. The number of amides is 1. The molecule has 1 unspecified atom stereocenters. The third-order valence-electron chi connectivity index (χ3n) is 3.08. The summed E-state index contributed by atoms with van der Waals surface area (Å²) in [5.74, 6) is 0. The van der Waals surface area contributed by atoms with Crippen molar-refractivity contribution in [3.63, 3.8) is 0 Å². The molecule has 1 atom stereocenters. The lowest BCUT2D eigenvalue weighted by Gasteiger charge is -2.21. The molecule has 10 nitrogen and oxygen atoms in total. The van der Waals surface area contributed by atoms with Crippen molar-refractivity contribution in [3.8, 4) is 0 Å². The van der Waals surface area contributed by atoms with Crippen LogP contribution in [0.1, 0.15) is 37.9 Å². The second-order valence-corrected chi connectivity index (χ2v) is 6.18. The number of non-ortho nitro benzene ring substituents is 1. The Morgan fingerprint density at radius 1 is 1.29 bits per heavy atom. The summed E-state index contributed by atoms with van der Waals surface area (Å²) in [5.41, 5.74) is 4.84. The molecule has 0 aromatic heterocycles. The van der Waals surface area contributed by atoms with Crippen molar-refractivity contribution in [1.29, 1.82) is 0 Å². The predicted octanol–water partition coefficient (Wildman–Crippen LogP) is 2.34. The molecule has 1 aromatic rings. The summed E-state index contributed by atoms with van der Waals surface area (Å²) in [6.45, 7) is 6.44. The lowest BCUT2D eigenvalue weighted by atomic mass is 9.99. The van der Waals surface area contributed by atoms with Crippen molar-refractivity contribution >= 4 is 17.5 Å². The highest BCUT2D eigenvalue weighted by Gasteiger charge is 2.25. The van der Waals surface area contributed by atoms with Gasteiger partial charge in [0.15, 0.2) is 0 Å². The fourth-order valence-corrected chi connectivity index (χ4v) is 2.00. The Kier molecular flexibility index (Phi) is 5.80. The van der Waals surface area contributed by atoms with Crippen LogP contribution in [-0.2, 0) is 4.74 Å². The molecule has 1 aromatic carbocycles. The van der Waals surface area contributed by atoms with Gasteiger partial charge in [-0.3, -0.25) is 20.2 Å². The van der Waals surface area contributed by atoms with Gasteiger partial charge in [-0.15, -0.1) is 0 Å². The summed E-state index contributed by atoms with van der Waals surface area (Å²) in [4.78, 5) is 32.2. The van der Waals surface area contributed by atoms with E-state index in [1.54, 1.807) is 20.8 Å². The van der Waals surface area contributed by atoms with E-state index in [4.69, 9.17) is 10.5 Å². The molecule has 132 valence electrons. The Morgan fingerprint density at radius 2 is 1.88 bits per heavy atom. The number of rotatable bonds is 5. The van der Waals surface area contributed by atoms with Crippen LogP contribution in [0.4, 0.5) is 16.2 Å². The number of hydrogen-bond acceptors (Lipinski definition) is 7. The molecule has 0 radical (unpaired) electrons.